The summed E-state index contributed by atoms with van der Waals surface area (Å²) in [6.45, 7) is 5.00. The third kappa shape index (κ3) is 4.07. The second kappa shape index (κ2) is 8.87. The van der Waals surface area contributed by atoms with Crippen molar-refractivity contribution in [2.24, 2.45) is 5.10 Å². The highest BCUT2D eigenvalue weighted by molar-refractivity contribution is 6.30. The Morgan fingerprint density at radius 3 is 2.59 bits per heavy atom. The van der Waals surface area contributed by atoms with Gasteiger partial charge in [0.15, 0.2) is 0 Å². The Morgan fingerprint density at radius 1 is 1.06 bits per heavy atom. The van der Waals surface area contributed by atoms with E-state index < -0.39 is 0 Å². The molecule has 164 valence electrons. The number of benzene rings is 3. The summed E-state index contributed by atoms with van der Waals surface area (Å²) in [5, 5.41) is 7.83. The molecular formula is C27H27ClN2O2. The molecule has 4 nitrogen and oxygen atoms in total. The van der Waals surface area contributed by atoms with Gasteiger partial charge in [0.2, 0.25) is 6.23 Å². The molecule has 0 N–H and O–H groups in total. The van der Waals surface area contributed by atoms with Crippen molar-refractivity contribution in [2.45, 2.75) is 45.4 Å². The van der Waals surface area contributed by atoms with E-state index in [1.807, 2.05) is 30.3 Å². The fourth-order valence-corrected chi connectivity index (χ4v) is 4.44. The number of fused-ring (bicyclic) bond motifs is 3. The molecule has 2 aliphatic rings. The third-order valence-electron chi connectivity index (χ3n) is 6.07. The first kappa shape index (κ1) is 20.9. The van der Waals surface area contributed by atoms with E-state index in [4.69, 9.17) is 26.2 Å². The summed E-state index contributed by atoms with van der Waals surface area (Å²) < 4.78 is 12.3. The lowest BCUT2D eigenvalue weighted by atomic mass is 9.95. The smallest absolute Gasteiger partial charge is 0.213 e. The summed E-state index contributed by atoms with van der Waals surface area (Å²) in [5.41, 5.74) is 5.58. The van der Waals surface area contributed by atoms with Crippen LogP contribution in [0.15, 0.2) is 71.8 Å². The molecule has 0 radical (unpaired) electrons. The zero-order chi connectivity index (χ0) is 22.1. The van der Waals surface area contributed by atoms with Crippen LogP contribution in [-0.2, 0) is 0 Å². The van der Waals surface area contributed by atoms with E-state index in [1.54, 1.807) is 0 Å². The maximum atomic E-state index is 6.45. The molecule has 32 heavy (non-hydrogen) atoms. The molecule has 3 aromatic carbocycles. The molecular weight excluding hydrogens is 420 g/mol. The van der Waals surface area contributed by atoms with Crippen LogP contribution in [0, 0.1) is 6.92 Å². The van der Waals surface area contributed by atoms with E-state index in [1.165, 1.54) is 5.56 Å². The Bertz CT molecular complexity index is 1130. The molecule has 5 rings (SSSR count). The van der Waals surface area contributed by atoms with Gasteiger partial charge in [-0.25, -0.2) is 5.01 Å². The molecule has 0 amide bonds. The van der Waals surface area contributed by atoms with Gasteiger partial charge in [0, 0.05) is 22.6 Å². The average Bonchev–Trinajstić information content (AvgIpc) is 3.26. The first-order valence-corrected chi connectivity index (χ1v) is 11.6. The molecule has 0 saturated carbocycles. The lowest BCUT2D eigenvalue weighted by Gasteiger charge is -2.38. The minimum atomic E-state index is -0.304. The van der Waals surface area contributed by atoms with Crippen LogP contribution in [0.5, 0.6) is 11.5 Å². The van der Waals surface area contributed by atoms with Crippen LogP contribution in [0.2, 0.25) is 5.02 Å². The van der Waals surface area contributed by atoms with Gasteiger partial charge >= 0.3 is 0 Å². The van der Waals surface area contributed by atoms with E-state index in [-0.39, 0.29) is 12.3 Å². The molecule has 0 aliphatic carbocycles. The van der Waals surface area contributed by atoms with Gasteiger partial charge in [-0.05, 0) is 61.4 Å². The Labute approximate surface area is 194 Å². The number of rotatable bonds is 6. The minimum absolute atomic E-state index is 0.0826. The van der Waals surface area contributed by atoms with Crippen molar-refractivity contribution in [3.63, 3.8) is 0 Å². The number of ether oxygens (including phenoxy) is 2. The normalized spacial score (nSPS) is 19.1. The standard InChI is InChI=1S/C27H27ClN2O2/c1-3-4-15-31-22-12-9-20(10-13-22)27-30-25(23-16-21(28)11-14-26(23)32-27)17-24(29-30)19-7-5-18(2)6-8-19/h5-14,16,25,27H,3-4,15,17H2,1-2H3/t25-,27+/m1/s1. The number of aryl methyl sites for hydroxylation is 1. The number of hydrogen-bond acceptors (Lipinski definition) is 4. The molecule has 5 heteroatoms. The minimum Gasteiger partial charge on any atom is -0.494 e. The Hall–Kier alpha value is -2.98. The van der Waals surface area contributed by atoms with Crippen LogP contribution in [0.1, 0.15) is 60.7 Å². The van der Waals surface area contributed by atoms with Gasteiger partial charge in [0.05, 0.1) is 18.4 Å². The van der Waals surface area contributed by atoms with Crippen molar-refractivity contribution in [3.05, 3.63) is 94.0 Å². The van der Waals surface area contributed by atoms with E-state index in [9.17, 15) is 0 Å². The quantitative estimate of drug-likeness (QED) is 0.380. The molecule has 0 fully saturated rings. The molecule has 2 atom stereocenters. The second-order valence-electron chi connectivity index (χ2n) is 8.44. The van der Waals surface area contributed by atoms with Crippen molar-refractivity contribution in [1.82, 2.24) is 5.01 Å². The van der Waals surface area contributed by atoms with Crippen LogP contribution >= 0.6 is 11.6 Å². The van der Waals surface area contributed by atoms with E-state index >= 15 is 0 Å². The average molecular weight is 447 g/mol. The summed E-state index contributed by atoms with van der Waals surface area (Å²) in [4.78, 5) is 0. The SMILES string of the molecule is CCCCOc1ccc([C@@H]2Oc3ccc(Cl)cc3[C@H]3CC(c4ccc(C)cc4)=NN32)cc1. The monoisotopic (exact) mass is 446 g/mol. The Kier molecular flexibility index (Phi) is 5.79. The van der Waals surface area contributed by atoms with Crippen LogP contribution in [0.4, 0.5) is 0 Å². The summed E-state index contributed by atoms with van der Waals surface area (Å²) in [5.74, 6) is 1.75. The first-order valence-electron chi connectivity index (χ1n) is 11.2. The largest absolute Gasteiger partial charge is 0.494 e. The van der Waals surface area contributed by atoms with Crippen LogP contribution in [0.3, 0.4) is 0 Å². The van der Waals surface area contributed by atoms with Crippen molar-refractivity contribution in [1.29, 1.82) is 0 Å². The molecule has 0 aromatic heterocycles. The molecule has 2 heterocycles. The Balaban J connectivity index is 1.48. The van der Waals surface area contributed by atoms with E-state index in [2.05, 4.69) is 55.3 Å². The summed E-state index contributed by atoms with van der Waals surface area (Å²) in [6, 6.07) is 22.7. The molecule has 0 saturated heterocycles. The number of unbranched alkanes of at least 4 members (excludes halogenated alkanes) is 1. The van der Waals surface area contributed by atoms with Gasteiger partial charge in [0.25, 0.3) is 0 Å². The van der Waals surface area contributed by atoms with Crippen LogP contribution in [0.25, 0.3) is 0 Å². The van der Waals surface area contributed by atoms with Crippen molar-refractivity contribution >= 4 is 17.3 Å². The Morgan fingerprint density at radius 2 is 1.84 bits per heavy atom. The maximum absolute atomic E-state index is 6.45. The third-order valence-corrected chi connectivity index (χ3v) is 6.30. The summed E-state index contributed by atoms with van der Waals surface area (Å²) in [6.07, 6.45) is 2.68. The zero-order valence-electron chi connectivity index (χ0n) is 18.4. The van der Waals surface area contributed by atoms with E-state index in [0.717, 1.165) is 59.8 Å². The highest BCUT2D eigenvalue weighted by Gasteiger charge is 2.41. The van der Waals surface area contributed by atoms with Crippen LogP contribution < -0.4 is 9.47 Å². The maximum Gasteiger partial charge on any atom is 0.213 e. The number of halogens is 1. The zero-order valence-corrected chi connectivity index (χ0v) is 19.2. The van der Waals surface area contributed by atoms with Gasteiger partial charge in [-0.15, -0.1) is 0 Å². The summed E-state index contributed by atoms with van der Waals surface area (Å²) >= 11 is 6.34. The van der Waals surface area contributed by atoms with E-state index in [0.29, 0.717) is 5.02 Å². The topological polar surface area (TPSA) is 34.1 Å². The van der Waals surface area contributed by atoms with Crippen molar-refractivity contribution in [2.75, 3.05) is 6.61 Å². The molecule has 3 aromatic rings. The molecule has 0 spiro atoms. The predicted octanol–water partition coefficient (Wildman–Crippen LogP) is 7.07. The molecule has 0 unspecified atom stereocenters. The molecule has 0 bridgehead atoms. The van der Waals surface area contributed by atoms with Crippen LogP contribution in [-0.4, -0.2) is 17.3 Å². The van der Waals surface area contributed by atoms with Crippen molar-refractivity contribution in [3.8, 4) is 11.5 Å². The van der Waals surface area contributed by atoms with Gasteiger partial charge in [-0.3, -0.25) is 0 Å². The van der Waals surface area contributed by atoms with Gasteiger partial charge in [0.1, 0.15) is 11.5 Å². The number of nitrogens with zero attached hydrogens (tertiary/aromatic N) is 2. The molecule has 2 aliphatic heterocycles. The highest BCUT2D eigenvalue weighted by atomic mass is 35.5. The summed E-state index contributed by atoms with van der Waals surface area (Å²) in [7, 11) is 0. The van der Waals surface area contributed by atoms with Gasteiger partial charge in [-0.2, -0.15) is 5.10 Å². The predicted molar refractivity (Wildman–Crippen MR) is 129 cm³/mol. The lowest BCUT2D eigenvalue weighted by molar-refractivity contribution is -0.0190. The van der Waals surface area contributed by atoms with Gasteiger partial charge < -0.3 is 9.47 Å². The fourth-order valence-electron chi connectivity index (χ4n) is 4.26. The highest BCUT2D eigenvalue weighted by Crippen LogP contribution is 2.48. The number of hydrazone groups is 1. The number of hydrogen-bond donors (Lipinski definition) is 0. The first-order chi connectivity index (χ1) is 15.6. The fraction of sp³-hybridized carbons (Fsp3) is 0.296. The van der Waals surface area contributed by atoms with Gasteiger partial charge in [-0.1, -0.05) is 54.8 Å². The van der Waals surface area contributed by atoms with Crippen molar-refractivity contribution < 1.29 is 9.47 Å². The lowest BCUT2D eigenvalue weighted by Crippen LogP contribution is -2.33. The second-order valence-corrected chi connectivity index (χ2v) is 8.87.